The molecule has 2 aromatic heterocycles. The zero-order chi connectivity index (χ0) is 21.6. The maximum Gasteiger partial charge on any atom is 0.294 e. The molecule has 4 atom stereocenters. The van der Waals surface area contributed by atoms with Crippen molar-refractivity contribution in [2.75, 3.05) is 7.11 Å². The highest BCUT2D eigenvalue weighted by Crippen LogP contribution is 2.39. The van der Waals surface area contributed by atoms with Gasteiger partial charge in [-0.1, -0.05) is 16.4 Å². The first-order chi connectivity index (χ1) is 14.9. The molecule has 0 saturated carbocycles. The number of phenolic OH excluding ortho intramolecular Hbond substituents is 1. The second kappa shape index (κ2) is 7.89. The molecule has 5 rings (SSSR count). The van der Waals surface area contributed by atoms with E-state index < -0.39 is 0 Å². The molecule has 4 heterocycles. The van der Waals surface area contributed by atoms with Gasteiger partial charge in [0.1, 0.15) is 11.9 Å². The minimum Gasteiger partial charge on any atom is -0.507 e. The van der Waals surface area contributed by atoms with Crippen molar-refractivity contribution < 1.29 is 14.6 Å². The van der Waals surface area contributed by atoms with E-state index >= 15 is 0 Å². The van der Waals surface area contributed by atoms with Crippen molar-refractivity contribution in [3.8, 4) is 27.2 Å². The van der Waals surface area contributed by atoms with Crippen molar-refractivity contribution in [1.29, 1.82) is 0 Å². The average Bonchev–Trinajstić information content (AvgIpc) is 3.36. The number of hydrogen-bond acceptors (Lipinski definition) is 8. The number of fused-ring (bicyclic) bond motifs is 2. The summed E-state index contributed by atoms with van der Waals surface area (Å²) in [5, 5.41) is 28.3. The van der Waals surface area contributed by atoms with Crippen molar-refractivity contribution in [1.82, 2.24) is 25.3 Å². The minimum atomic E-state index is 0.0639. The van der Waals surface area contributed by atoms with Crippen LogP contribution >= 0.6 is 11.3 Å². The summed E-state index contributed by atoms with van der Waals surface area (Å²) >= 11 is 1.35. The maximum atomic E-state index is 10.6. The number of nitrogens with zero attached hydrogens (tertiary/aromatic N) is 4. The van der Waals surface area contributed by atoms with Crippen LogP contribution < -0.4 is 10.1 Å². The number of aromatic nitrogens is 4. The summed E-state index contributed by atoms with van der Waals surface area (Å²) < 4.78 is 13.6. The van der Waals surface area contributed by atoms with Gasteiger partial charge in [0.15, 0.2) is 5.01 Å². The fraction of sp³-hybridized carbons (Fsp3) is 0.500. The van der Waals surface area contributed by atoms with E-state index in [9.17, 15) is 5.11 Å². The van der Waals surface area contributed by atoms with Gasteiger partial charge in [0.2, 0.25) is 0 Å². The Labute approximate surface area is 185 Å². The molecule has 2 saturated heterocycles. The van der Waals surface area contributed by atoms with Gasteiger partial charge in [0.05, 0.1) is 23.0 Å². The minimum absolute atomic E-state index is 0.0639. The van der Waals surface area contributed by atoms with Gasteiger partial charge in [-0.05, 0) is 44.9 Å². The van der Waals surface area contributed by atoms with Gasteiger partial charge in [-0.15, -0.1) is 5.10 Å². The molecule has 0 aliphatic carbocycles. The number of benzene rings is 1. The molecular weight excluding hydrogens is 414 g/mol. The number of rotatable bonds is 5. The Kier molecular flexibility index (Phi) is 5.19. The lowest BCUT2D eigenvalue weighted by molar-refractivity contribution is -0.0377. The molecule has 3 aromatic rings. The average molecular weight is 442 g/mol. The molecule has 9 heteroatoms. The van der Waals surface area contributed by atoms with Crippen LogP contribution in [0, 0.1) is 6.92 Å². The van der Waals surface area contributed by atoms with E-state index in [2.05, 4.69) is 27.5 Å². The van der Waals surface area contributed by atoms with Gasteiger partial charge in [0.25, 0.3) is 5.19 Å². The van der Waals surface area contributed by atoms with Crippen LogP contribution in [0.4, 0.5) is 0 Å². The Morgan fingerprint density at radius 3 is 2.90 bits per heavy atom. The first-order valence-electron chi connectivity index (χ1n) is 10.6. The second-order valence-electron chi connectivity index (χ2n) is 8.78. The zero-order valence-electron chi connectivity index (χ0n) is 17.9. The number of methoxy groups -OCH3 is 1. The highest BCUT2D eigenvalue weighted by Gasteiger charge is 2.44. The van der Waals surface area contributed by atoms with Crippen molar-refractivity contribution in [3.63, 3.8) is 0 Å². The Bertz CT molecular complexity index is 1080. The molecule has 2 fully saturated rings. The smallest absolute Gasteiger partial charge is 0.294 e. The Hall–Kier alpha value is -2.49. The predicted molar refractivity (Wildman–Crippen MR) is 118 cm³/mol. The fourth-order valence-corrected chi connectivity index (χ4v) is 5.59. The van der Waals surface area contributed by atoms with Crippen LogP contribution in [0.1, 0.15) is 38.3 Å². The summed E-state index contributed by atoms with van der Waals surface area (Å²) in [5.74, 6) is 0.139. The lowest BCUT2D eigenvalue weighted by Crippen LogP contribution is -2.64. The molecule has 2 N–H and O–H groups in total. The Balaban J connectivity index is 1.31. The number of aryl methyl sites for hydroxylation is 1. The molecule has 1 aromatic carbocycles. The van der Waals surface area contributed by atoms with Crippen molar-refractivity contribution in [2.24, 2.45) is 0 Å². The standard InChI is InChI=1S/C22H27N5O3S/c1-13-7-9-27(26-13)14-4-5-16(18(28)10-14)20-24-25-21(31-20)30-15-11-17-19(29-3)6-8-22(2,12-15)23-17/h4-5,7,9-10,15,17,19,23,28H,6,8,11-12H2,1-3H3. The van der Waals surface area contributed by atoms with Crippen molar-refractivity contribution in [2.45, 2.75) is 63.3 Å². The third-order valence-electron chi connectivity index (χ3n) is 6.33. The van der Waals surface area contributed by atoms with Crippen LogP contribution in [0.25, 0.3) is 16.3 Å². The third kappa shape index (κ3) is 4.05. The molecule has 0 amide bonds. The number of nitrogens with one attached hydrogen (secondary N) is 1. The number of aromatic hydroxyl groups is 1. The van der Waals surface area contributed by atoms with Gasteiger partial charge < -0.3 is 19.9 Å². The Morgan fingerprint density at radius 1 is 1.29 bits per heavy atom. The van der Waals surface area contributed by atoms with E-state index in [0.717, 1.165) is 37.1 Å². The van der Waals surface area contributed by atoms with Gasteiger partial charge >= 0.3 is 0 Å². The molecule has 2 aliphatic rings. The largest absolute Gasteiger partial charge is 0.507 e. The summed E-state index contributed by atoms with van der Waals surface area (Å²) in [5.41, 5.74) is 2.41. The van der Waals surface area contributed by atoms with E-state index in [1.54, 1.807) is 17.9 Å². The summed E-state index contributed by atoms with van der Waals surface area (Å²) in [7, 11) is 1.78. The lowest BCUT2D eigenvalue weighted by Gasteiger charge is -2.49. The van der Waals surface area contributed by atoms with Gasteiger partial charge in [-0.2, -0.15) is 5.10 Å². The topological polar surface area (TPSA) is 94.3 Å². The third-order valence-corrected chi connectivity index (χ3v) is 7.18. The first kappa shape index (κ1) is 20.4. The predicted octanol–water partition coefficient (Wildman–Crippen LogP) is 3.47. The van der Waals surface area contributed by atoms with Crippen LogP contribution in [0.5, 0.6) is 10.9 Å². The SMILES string of the molecule is COC1CCC2(C)CC(Oc3nnc(-c4ccc(-n5ccc(C)n5)cc4O)s3)CC1N2. The van der Waals surface area contributed by atoms with Crippen LogP contribution in [0.3, 0.4) is 0 Å². The first-order valence-corrected chi connectivity index (χ1v) is 11.4. The molecule has 2 bridgehead atoms. The molecule has 31 heavy (non-hydrogen) atoms. The molecule has 0 radical (unpaired) electrons. The van der Waals surface area contributed by atoms with Crippen molar-refractivity contribution in [3.05, 3.63) is 36.2 Å². The number of phenols is 1. The van der Waals surface area contributed by atoms with Crippen LogP contribution in [-0.2, 0) is 4.74 Å². The van der Waals surface area contributed by atoms with Gasteiger partial charge in [0, 0.05) is 43.8 Å². The molecule has 4 unspecified atom stereocenters. The summed E-state index contributed by atoms with van der Waals surface area (Å²) in [6.45, 7) is 4.19. The van der Waals surface area contributed by atoms with Gasteiger partial charge in [-0.3, -0.25) is 0 Å². The maximum absolute atomic E-state index is 10.6. The van der Waals surface area contributed by atoms with E-state index in [0.29, 0.717) is 15.8 Å². The zero-order valence-corrected chi connectivity index (χ0v) is 18.7. The summed E-state index contributed by atoms with van der Waals surface area (Å²) in [4.78, 5) is 0. The van der Waals surface area contributed by atoms with Gasteiger partial charge in [-0.25, -0.2) is 4.68 Å². The highest BCUT2D eigenvalue weighted by atomic mass is 32.1. The van der Waals surface area contributed by atoms with Crippen LogP contribution in [0.15, 0.2) is 30.5 Å². The lowest BCUT2D eigenvalue weighted by atomic mass is 9.75. The van der Waals surface area contributed by atoms with E-state index in [-0.39, 0.29) is 29.5 Å². The Morgan fingerprint density at radius 2 is 2.16 bits per heavy atom. The number of hydrogen-bond donors (Lipinski definition) is 2. The molecule has 8 nitrogen and oxygen atoms in total. The fourth-order valence-electron chi connectivity index (χ4n) is 4.80. The number of ether oxygens (including phenoxy) is 2. The highest BCUT2D eigenvalue weighted by molar-refractivity contribution is 7.16. The van der Waals surface area contributed by atoms with Crippen LogP contribution in [-0.4, -0.2) is 56.0 Å². The van der Waals surface area contributed by atoms with E-state index in [1.807, 2.05) is 31.3 Å². The molecule has 2 aliphatic heterocycles. The second-order valence-corrected chi connectivity index (χ2v) is 9.72. The molecule has 164 valence electrons. The quantitative estimate of drug-likeness (QED) is 0.626. The molecular formula is C22H27N5O3S. The monoisotopic (exact) mass is 441 g/mol. The van der Waals surface area contributed by atoms with Crippen LogP contribution in [0.2, 0.25) is 0 Å². The summed E-state index contributed by atoms with van der Waals surface area (Å²) in [6, 6.07) is 7.64. The number of piperidine rings is 2. The van der Waals surface area contributed by atoms with Crippen molar-refractivity contribution >= 4 is 11.3 Å². The normalized spacial score (nSPS) is 27.9. The van der Waals surface area contributed by atoms with E-state index in [1.165, 1.54) is 11.3 Å². The summed E-state index contributed by atoms with van der Waals surface area (Å²) in [6.07, 6.45) is 6.11. The molecule has 0 spiro atoms. The van der Waals surface area contributed by atoms with E-state index in [4.69, 9.17) is 9.47 Å².